The van der Waals surface area contributed by atoms with E-state index in [2.05, 4.69) is 15.5 Å². The lowest BCUT2D eigenvalue weighted by molar-refractivity contribution is -0.129. The van der Waals surface area contributed by atoms with E-state index in [9.17, 15) is 4.79 Å². The van der Waals surface area contributed by atoms with Crippen LogP contribution in [0.25, 0.3) is 0 Å². The second-order valence-corrected chi connectivity index (χ2v) is 4.92. The van der Waals surface area contributed by atoms with E-state index in [4.69, 9.17) is 4.52 Å². The number of nitrogens with one attached hydrogen (secondary N) is 1. The van der Waals surface area contributed by atoms with Crippen molar-refractivity contribution in [2.75, 3.05) is 25.5 Å². The fraction of sp³-hybridized carbons (Fsp3) is 0.400. The van der Waals surface area contributed by atoms with Gasteiger partial charge < -0.3 is 14.7 Å². The third kappa shape index (κ3) is 4.91. The highest BCUT2D eigenvalue weighted by molar-refractivity contribution is 5.76. The molecule has 2 rings (SSSR count). The van der Waals surface area contributed by atoms with Crippen LogP contribution < -0.4 is 5.32 Å². The quantitative estimate of drug-likeness (QED) is 0.842. The van der Waals surface area contributed by atoms with Crippen molar-refractivity contribution in [3.05, 3.63) is 41.9 Å². The number of hydrogen-bond acceptors (Lipinski definition) is 5. The van der Waals surface area contributed by atoms with Gasteiger partial charge in [-0.2, -0.15) is 0 Å². The Morgan fingerprint density at radius 2 is 2.14 bits per heavy atom. The molecule has 2 heterocycles. The standard InChI is InChI=1S/C15H20N4O2/c1-12-11-14(18-21-12)17-9-5-15(20)19(2)10-6-13-3-7-16-8-4-13/h3-4,7-8,11H,5-6,9-10H2,1-2H3,(H,17,18). The molecule has 0 bridgehead atoms. The number of aromatic nitrogens is 2. The molecule has 0 saturated heterocycles. The van der Waals surface area contributed by atoms with Gasteiger partial charge in [0.2, 0.25) is 5.91 Å². The van der Waals surface area contributed by atoms with Gasteiger partial charge in [-0.1, -0.05) is 5.16 Å². The molecule has 6 heteroatoms. The van der Waals surface area contributed by atoms with Crippen molar-refractivity contribution in [3.8, 4) is 0 Å². The van der Waals surface area contributed by atoms with Gasteiger partial charge in [0.1, 0.15) is 5.76 Å². The molecule has 0 aliphatic heterocycles. The average molecular weight is 288 g/mol. The highest BCUT2D eigenvalue weighted by Crippen LogP contribution is 2.07. The summed E-state index contributed by atoms with van der Waals surface area (Å²) in [6.45, 7) is 3.08. The summed E-state index contributed by atoms with van der Waals surface area (Å²) >= 11 is 0. The molecule has 0 atom stereocenters. The van der Waals surface area contributed by atoms with Crippen LogP contribution in [0.3, 0.4) is 0 Å². The summed E-state index contributed by atoms with van der Waals surface area (Å²) in [4.78, 5) is 17.7. The van der Waals surface area contributed by atoms with Gasteiger partial charge in [-0.3, -0.25) is 9.78 Å². The van der Waals surface area contributed by atoms with Crippen LogP contribution in [0.15, 0.2) is 35.1 Å². The van der Waals surface area contributed by atoms with Gasteiger partial charge in [0.15, 0.2) is 5.82 Å². The van der Waals surface area contributed by atoms with E-state index in [-0.39, 0.29) is 5.91 Å². The molecule has 0 fully saturated rings. The number of anilines is 1. The Bertz CT molecular complexity index is 568. The van der Waals surface area contributed by atoms with Crippen LogP contribution in [0, 0.1) is 6.92 Å². The van der Waals surface area contributed by atoms with Crippen molar-refractivity contribution >= 4 is 11.7 Å². The van der Waals surface area contributed by atoms with Crippen LogP contribution in [-0.4, -0.2) is 41.1 Å². The summed E-state index contributed by atoms with van der Waals surface area (Å²) in [5, 5.41) is 6.88. The molecule has 1 N–H and O–H groups in total. The lowest BCUT2D eigenvalue weighted by Gasteiger charge is -2.17. The normalized spacial score (nSPS) is 10.4. The SMILES string of the molecule is Cc1cc(NCCC(=O)N(C)CCc2ccncc2)no1. The number of pyridine rings is 1. The largest absolute Gasteiger partial charge is 0.367 e. The Balaban J connectivity index is 1.67. The maximum absolute atomic E-state index is 12.0. The second-order valence-electron chi connectivity index (χ2n) is 4.92. The van der Waals surface area contributed by atoms with Crippen molar-refractivity contribution in [1.29, 1.82) is 0 Å². The predicted octanol–water partition coefficient (Wildman–Crippen LogP) is 1.88. The minimum absolute atomic E-state index is 0.108. The highest BCUT2D eigenvalue weighted by Gasteiger charge is 2.09. The van der Waals surface area contributed by atoms with Crippen molar-refractivity contribution in [2.24, 2.45) is 0 Å². The van der Waals surface area contributed by atoms with E-state index in [1.165, 1.54) is 5.56 Å². The van der Waals surface area contributed by atoms with E-state index in [1.807, 2.05) is 26.1 Å². The van der Waals surface area contributed by atoms with Crippen LogP contribution in [-0.2, 0) is 11.2 Å². The Kier molecular flexibility index (Phi) is 5.31. The van der Waals surface area contributed by atoms with Crippen molar-refractivity contribution in [1.82, 2.24) is 15.0 Å². The number of aryl methyl sites for hydroxylation is 1. The van der Waals surface area contributed by atoms with Gasteiger partial charge in [-0.05, 0) is 31.0 Å². The summed E-state index contributed by atoms with van der Waals surface area (Å²) < 4.78 is 4.94. The van der Waals surface area contributed by atoms with Gasteiger partial charge in [-0.25, -0.2) is 0 Å². The van der Waals surface area contributed by atoms with E-state index in [0.29, 0.717) is 25.3 Å². The molecule has 2 aromatic rings. The molecule has 21 heavy (non-hydrogen) atoms. The summed E-state index contributed by atoms with van der Waals surface area (Å²) in [6.07, 6.45) is 4.79. The van der Waals surface area contributed by atoms with Gasteiger partial charge in [0, 0.05) is 45.0 Å². The van der Waals surface area contributed by atoms with E-state index in [0.717, 1.165) is 12.2 Å². The van der Waals surface area contributed by atoms with Crippen LogP contribution >= 0.6 is 0 Å². The number of carbonyl (C=O) groups is 1. The minimum atomic E-state index is 0.108. The maximum atomic E-state index is 12.0. The van der Waals surface area contributed by atoms with Crippen molar-refractivity contribution in [3.63, 3.8) is 0 Å². The zero-order valence-electron chi connectivity index (χ0n) is 12.4. The second kappa shape index (κ2) is 7.42. The van der Waals surface area contributed by atoms with Gasteiger partial charge in [0.05, 0.1) is 0 Å². The van der Waals surface area contributed by atoms with Gasteiger partial charge in [0.25, 0.3) is 0 Å². The number of nitrogens with zero attached hydrogens (tertiary/aromatic N) is 3. The molecule has 0 radical (unpaired) electrons. The Labute approximate surface area is 124 Å². The molecule has 2 aromatic heterocycles. The van der Waals surface area contributed by atoms with E-state index >= 15 is 0 Å². The number of amides is 1. The van der Waals surface area contributed by atoms with E-state index < -0.39 is 0 Å². The fourth-order valence-corrected chi connectivity index (χ4v) is 1.91. The Hall–Kier alpha value is -2.37. The molecular weight excluding hydrogens is 268 g/mol. The third-order valence-electron chi connectivity index (χ3n) is 3.18. The number of carbonyl (C=O) groups excluding carboxylic acids is 1. The average Bonchev–Trinajstić information content (AvgIpc) is 2.91. The van der Waals surface area contributed by atoms with Crippen LogP contribution in [0.1, 0.15) is 17.7 Å². The van der Waals surface area contributed by atoms with Crippen LogP contribution in [0.5, 0.6) is 0 Å². The number of likely N-dealkylation sites (N-methyl/N-ethyl adjacent to an activating group) is 1. The van der Waals surface area contributed by atoms with Crippen LogP contribution in [0.2, 0.25) is 0 Å². The molecule has 0 spiro atoms. The molecule has 0 unspecified atom stereocenters. The first kappa shape index (κ1) is 15.0. The molecule has 1 amide bonds. The number of rotatable bonds is 7. The molecule has 6 nitrogen and oxygen atoms in total. The number of hydrogen-bond donors (Lipinski definition) is 1. The molecular formula is C15H20N4O2. The zero-order valence-corrected chi connectivity index (χ0v) is 12.4. The topological polar surface area (TPSA) is 71.3 Å². The summed E-state index contributed by atoms with van der Waals surface area (Å²) in [5.74, 6) is 1.52. The Morgan fingerprint density at radius 1 is 1.38 bits per heavy atom. The lowest BCUT2D eigenvalue weighted by atomic mass is 10.2. The van der Waals surface area contributed by atoms with Gasteiger partial charge in [-0.15, -0.1) is 0 Å². The summed E-state index contributed by atoms with van der Waals surface area (Å²) in [5.41, 5.74) is 1.18. The van der Waals surface area contributed by atoms with Crippen molar-refractivity contribution in [2.45, 2.75) is 19.8 Å². The fourth-order valence-electron chi connectivity index (χ4n) is 1.91. The first-order chi connectivity index (χ1) is 10.1. The lowest BCUT2D eigenvalue weighted by Crippen LogP contribution is -2.30. The molecule has 112 valence electrons. The first-order valence-electron chi connectivity index (χ1n) is 6.95. The van der Waals surface area contributed by atoms with Crippen molar-refractivity contribution < 1.29 is 9.32 Å². The molecule has 0 aliphatic rings. The maximum Gasteiger partial charge on any atom is 0.224 e. The van der Waals surface area contributed by atoms with Gasteiger partial charge >= 0.3 is 0 Å². The first-order valence-corrected chi connectivity index (χ1v) is 6.95. The predicted molar refractivity (Wildman–Crippen MR) is 79.9 cm³/mol. The smallest absolute Gasteiger partial charge is 0.224 e. The van der Waals surface area contributed by atoms with Crippen LogP contribution in [0.4, 0.5) is 5.82 Å². The summed E-state index contributed by atoms with van der Waals surface area (Å²) in [7, 11) is 1.82. The highest BCUT2D eigenvalue weighted by atomic mass is 16.5. The zero-order chi connectivity index (χ0) is 15.1. The molecule has 0 saturated carbocycles. The molecule has 0 aliphatic carbocycles. The molecule has 0 aromatic carbocycles. The third-order valence-corrected chi connectivity index (χ3v) is 3.18. The monoisotopic (exact) mass is 288 g/mol. The Morgan fingerprint density at radius 3 is 2.81 bits per heavy atom. The summed E-state index contributed by atoms with van der Waals surface area (Å²) in [6, 6.07) is 5.73. The van der Waals surface area contributed by atoms with E-state index in [1.54, 1.807) is 23.4 Å². The minimum Gasteiger partial charge on any atom is -0.367 e.